The number of aromatic nitrogens is 3. The molecule has 2 aromatic rings. The van der Waals surface area contributed by atoms with Crippen molar-refractivity contribution in [2.45, 2.75) is 265 Å². The van der Waals surface area contributed by atoms with Crippen molar-refractivity contribution in [1.29, 1.82) is 5.26 Å². The molecule has 2 aromatic heterocycles. The van der Waals surface area contributed by atoms with Crippen LogP contribution in [0.1, 0.15) is 257 Å². The van der Waals surface area contributed by atoms with E-state index in [9.17, 15) is 28.8 Å². The van der Waals surface area contributed by atoms with Crippen LogP contribution in [0.25, 0.3) is 11.0 Å². The van der Waals surface area contributed by atoms with Gasteiger partial charge in [0.15, 0.2) is 11.8 Å². The summed E-state index contributed by atoms with van der Waals surface area (Å²) in [5.41, 5.74) is 0.477. The van der Waals surface area contributed by atoms with E-state index in [1.807, 2.05) is 24.1 Å². The molecule has 0 N–H and O–H groups in total. The number of anilines is 1. The SMILES string of the molecule is CCCCCCCCCCCCCCCC(=O)OCC(COC(=O)CCCCCCCCCCCCCCC)OC(=O)CC(C)CC(=O)OCCCCC(=O)n1ccc2c(N(C)[C@H]3CN(C(=O)CC#N)CC[C@H]3C)ncnc21. The molecule has 1 fully saturated rings. The highest BCUT2D eigenvalue weighted by Gasteiger charge is 2.33. The number of rotatable bonds is 45. The smallest absolute Gasteiger partial charge is 0.306 e. The Hall–Kier alpha value is -5.07. The number of likely N-dealkylation sites (N-methyl/N-ethyl adjacent to an activating group) is 1. The highest BCUT2D eigenvalue weighted by Crippen LogP contribution is 2.30. The first-order chi connectivity index (χ1) is 37.9. The number of fused-ring (bicyclic) bond motifs is 1. The Morgan fingerprint density at radius 1 is 0.641 bits per heavy atom. The Kier molecular flexibility index (Phi) is 36.1. The fourth-order valence-electron chi connectivity index (χ4n) is 10.4. The molecule has 1 unspecified atom stereocenters. The second kappa shape index (κ2) is 41.9. The highest BCUT2D eigenvalue weighted by molar-refractivity contribution is 5.95. The molecule has 78 heavy (non-hydrogen) atoms. The lowest BCUT2D eigenvalue weighted by molar-refractivity contribution is -0.167. The number of nitrogens with zero attached hydrogens (tertiary/aromatic N) is 6. The van der Waals surface area contributed by atoms with Gasteiger partial charge in [0.1, 0.15) is 31.8 Å². The Labute approximate surface area is 469 Å². The van der Waals surface area contributed by atoms with Crippen molar-refractivity contribution >= 4 is 52.5 Å². The molecule has 0 aliphatic carbocycles. The van der Waals surface area contributed by atoms with Crippen LogP contribution in [-0.4, -0.2) is 107 Å². The summed E-state index contributed by atoms with van der Waals surface area (Å²) in [5, 5.41) is 9.76. The fourth-order valence-corrected chi connectivity index (χ4v) is 10.4. The van der Waals surface area contributed by atoms with E-state index in [0.29, 0.717) is 42.8 Å². The number of hydrogen-bond donors (Lipinski definition) is 0. The van der Waals surface area contributed by atoms with Crippen LogP contribution in [0.2, 0.25) is 0 Å². The molecule has 16 nitrogen and oxygen atoms in total. The number of esters is 4. The van der Waals surface area contributed by atoms with E-state index >= 15 is 0 Å². The quantitative estimate of drug-likeness (QED) is 0.0344. The van der Waals surface area contributed by atoms with Crippen molar-refractivity contribution < 1.29 is 47.7 Å². The van der Waals surface area contributed by atoms with E-state index in [1.165, 1.54) is 126 Å². The average molecular weight is 1090 g/mol. The van der Waals surface area contributed by atoms with Crippen molar-refractivity contribution in [3.05, 3.63) is 18.6 Å². The summed E-state index contributed by atoms with van der Waals surface area (Å²) in [6.07, 6.45) is 35.6. The van der Waals surface area contributed by atoms with Gasteiger partial charge in [0, 0.05) is 58.4 Å². The molecule has 0 aromatic carbocycles. The summed E-state index contributed by atoms with van der Waals surface area (Å²) in [6, 6.07) is 3.73. The van der Waals surface area contributed by atoms with Gasteiger partial charge in [-0.05, 0) is 50.0 Å². The van der Waals surface area contributed by atoms with Crippen LogP contribution in [0.15, 0.2) is 18.6 Å². The Balaban J connectivity index is 1.38. The molecule has 3 rings (SSSR count). The highest BCUT2D eigenvalue weighted by atomic mass is 16.6. The molecule has 1 saturated heterocycles. The van der Waals surface area contributed by atoms with Crippen molar-refractivity contribution in [3.8, 4) is 6.07 Å². The van der Waals surface area contributed by atoms with Crippen molar-refractivity contribution in [3.63, 3.8) is 0 Å². The summed E-state index contributed by atoms with van der Waals surface area (Å²) in [6.45, 7) is 9.11. The molecule has 0 spiro atoms. The first-order valence-corrected chi connectivity index (χ1v) is 30.8. The zero-order valence-electron chi connectivity index (χ0n) is 49.1. The topological polar surface area (TPSA) is 200 Å². The minimum Gasteiger partial charge on any atom is -0.466 e. The molecular weight excluding hydrogens is 989 g/mol. The molecular formula is C62H102N6O10. The monoisotopic (exact) mass is 1090 g/mol. The van der Waals surface area contributed by atoms with Gasteiger partial charge in [0.2, 0.25) is 11.8 Å². The molecule has 3 atom stereocenters. The van der Waals surface area contributed by atoms with E-state index in [0.717, 1.165) is 57.8 Å². The van der Waals surface area contributed by atoms with E-state index in [1.54, 1.807) is 18.0 Å². The fraction of sp³-hybridized carbons (Fsp3) is 0.790. The molecule has 440 valence electrons. The molecule has 16 heteroatoms. The molecule has 1 amide bonds. The Morgan fingerprint density at radius 2 is 1.13 bits per heavy atom. The van der Waals surface area contributed by atoms with Gasteiger partial charge in [-0.25, -0.2) is 9.97 Å². The van der Waals surface area contributed by atoms with Crippen LogP contribution in [0.4, 0.5) is 5.82 Å². The summed E-state index contributed by atoms with van der Waals surface area (Å²) in [4.78, 5) is 90.1. The number of amides is 1. The van der Waals surface area contributed by atoms with Gasteiger partial charge in [-0.1, -0.05) is 182 Å². The minimum absolute atomic E-state index is 0.0272. The maximum absolute atomic E-state index is 13.4. The Bertz CT molecular complexity index is 2010. The molecule has 0 radical (unpaired) electrons. The number of carbonyl (C=O) groups is 6. The van der Waals surface area contributed by atoms with E-state index in [4.69, 9.17) is 24.2 Å². The third-order valence-electron chi connectivity index (χ3n) is 15.3. The predicted octanol–water partition coefficient (Wildman–Crippen LogP) is 13.7. The van der Waals surface area contributed by atoms with E-state index in [-0.39, 0.29) is 94.1 Å². The maximum Gasteiger partial charge on any atom is 0.306 e. The summed E-state index contributed by atoms with van der Waals surface area (Å²) in [7, 11) is 1.93. The summed E-state index contributed by atoms with van der Waals surface area (Å²) in [5.74, 6) is -1.67. The minimum atomic E-state index is -0.975. The number of carbonyl (C=O) groups excluding carboxylic acids is 6. The number of piperidine rings is 1. The first kappa shape index (κ1) is 67.2. The number of hydrogen-bond acceptors (Lipinski definition) is 14. The van der Waals surface area contributed by atoms with Crippen LogP contribution in [0, 0.1) is 23.2 Å². The van der Waals surface area contributed by atoms with E-state index in [2.05, 4.69) is 30.7 Å². The standard InChI is InChI=1S/C62H102N6O10/c1-6-8-10-12-14-16-18-20-22-24-26-28-30-35-57(71)76-47-52(48-77-58(72)36-31-29-27-25-23-21-19-17-15-13-11-9-7-2)78-60(74)45-50(3)44-59(73)75-43-33-32-34-56(70)68-42-39-53-61(64-49-65-62(53)68)66(5)54-46-67(41-38-51(54)4)55(69)37-40-63/h39,42,49-52,54H,6-38,41,43-48H2,1-5H3/t50?,51-,54+/m1/s1. The molecule has 1 aliphatic rings. The Morgan fingerprint density at radius 3 is 1.64 bits per heavy atom. The van der Waals surface area contributed by atoms with Crippen molar-refractivity contribution in [2.24, 2.45) is 11.8 Å². The third-order valence-corrected chi connectivity index (χ3v) is 15.3. The lowest BCUT2D eigenvalue weighted by atomic mass is 9.92. The normalized spacial score (nSPS) is 14.8. The van der Waals surface area contributed by atoms with Crippen LogP contribution in [0.5, 0.6) is 0 Å². The lowest BCUT2D eigenvalue weighted by Crippen LogP contribution is -2.52. The van der Waals surface area contributed by atoms with Crippen LogP contribution >= 0.6 is 0 Å². The number of ether oxygens (including phenoxy) is 4. The zero-order chi connectivity index (χ0) is 56.6. The van der Waals surface area contributed by atoms with Gasteiger partial charge < -0.3 is 28.7 Å². The largest absolute Gasteiger partial charge is 0.466 e. The van der Waals surface area contributed by atoms with Crippen molar-refractivity contribution in [2.75, 3.05) is 44.9 Å². The number of unbranched alkanes of at least 4 members (excludes halogenated alkanes) is 25. The predicted molar refractivity (Wildman–Crippen MR) is 307 cm³/mol. The maximum atomic E-state index is 13.4. The molecule has 3 heterocycles. The molecule has 0 saturated carbocycles. The van der Waals surface area contributed by atoms with Crippen LogP contribution in [-0.2, 0) is 42.9 Å². The van der Waals surface area contributed by atoms with Gasteiger partial charge in [-0.2, -0.15) is 5.26 Å². The van der Waals surface area contributed by atoms with Gasteiger partial charge in [-0.15, -0.1) is 0 Å². The molecule has 1 aliphatic heterocycles. The molecule has 0 bridgehead atoms. The number of nitriles is 1. The van der Waals surface area contributed by atoms with Gasteiger partial charge >= 0.3 is 23.9 Å². The second-order valence-corrected chi connectivity index (χ2v) is 22.3. The van der Waals surface area contributed by atoms with Crippen LogP contribution < -0.4 is 4.90 Å². The summed E-state index contributed by atoms with van der Waals surface area (Å²) < 4.78 is 23.8. The third kappa shape index (κ3) is 28.7. The summed E-state index contributed by atoms with van der Waals surface area (Å²) >= 11 is 0. The first-order valence-electron chi connectivity index (χ1n) is 30.8. The zero-order valence-corrected chi connectivity index (χ0v) is 49.1. The van der Waals surface area contributed by atoms with Crippen LogP contribution in [0.3, 0.4) is 0 Å². The number of likely N-dealkylation sites (tertiary alicyclic amines) is 1. The van der Waals surface area contributed by atoms with Gasteiger partial charge in [0.05, 0.1) is 24.1 Å². The van der Waals surface area contributed by atoms with Crippen molar-refractivity contribution in [1.82, 2.24) is 19.4 Å². The van der Waals surface area contributed by atoms with Gasteiger partial charge in [-0.3, -0.25) is 33.3 Å². The lowest BCUT2D eigenvalue weighted by Gasteiger charge is -2.42. The second-order valence-electron chi connectivity index (χ2n) is 22.3. The van der Waals surface area contributed by atoms with Gasteiger partial charge in [0.25, 0.3) is 0 Å². The average Bonchev–Trinajstić information content (AvgIpc) is 3.87. The van der Waals surface area contributed by atoms with E-state index < -0.39 is 24.0 Å².